The summed E-state index contributed by atoms with van der Waals surface area (Å²) in [5.41, 5.74) is 2.69. The van der Waals surface area contributed by atoms with Gasteiger partial charge in [0, 0.05) is 20.3 Å². The number of hydroxylamine groups is 1. The average Bonchev–Trinajstić information content (AvgIpc) is 2.18. The van der Waals surface area contributed by atoms with Crippen molar-refractivity contribution in [3.8, 4) is 0 Å². The van der Waals surface area contributed by atoms with Crippen LogP contribution in [0.4, 0.5) is 5.82 Å². The predicted molar refractivity (Wildman–Crippen MR) is 53.0 cm³/mol. The number of rotatable bonds is 3. The fourth-order valence-corrected chi connectivity index (χ4v) is 0.937. The fourth-order valence-electron chi connectivity index (χ4n) is 0.937. The van der Waals surface area contributed by atoms with Gasteiger partial charge in [0.1, 0.15) is 5.82 Å². The van der Waals surface area contributed by atoms with Gasteiger partial charge in [-0.3, -0.25) is 9.63 Å². The van der Waals surface area contributed by atoms with Crippen molar-refractivity contribution in [1.82, 2.24) is 10.5 Å². The van der Waals surface area contributed by atoms with Crippen LogP contribution in [0.2, 0.25) is 0 Å². The normalized spacial score (nSPS) is 9.64. The van der Waals surface area contributed by atoms with E-state index in [1.807, 2.05) is 19.0 Å². The maximum absolute atomic E-state index is 11.2. The summed E-state index contributed by atoms with van der Waals surface area (Å²) in [5.74, 6) is 0.504. The van der Waals surface area contributed by atoms with Crippen molar-refractivity contribution in [3.05, 3.63) is 23.9 Å². The summed E-state index contributed by atoms with van der Waals surface area (Å²) in [6, 6.07) is 3.46. The number of nitrogens with zero attached hydrogens (tertiary/aromatic N) is 2. The quantitative estimate of drug-likeness (QED) is 0.711. The lowest BCUT2D eigenvalue weighted by Crippen LogP contribution is -2.22. The highest BCUT2D eigenvalue weighted by molar-refractivity contribution is 5.93. The summed E-state index contributed by atoms with van der Waals surface area (Å²) >= 11 is 0. The number of carbonyl (C=O) groups is 1. The molecule has 1 amide bonds. The standard InChI is InChI=1S/C9H13N3O2/c1-12(2)8-5-4-7(6-10-8)9(13)11-14-3/h4-6H,1-3H3,(H,11,13). The van der Waals surface area contributed by atoms with Gasteiger partial charge < -0.3 is 4.90 Å². The third kappa shape index (κ3) is 2.43. The van der Waals surface area contributed by atoms with Crippen LogP contribution < -0.4 is 10.4 Å². The van der Waals surface area contributed by atoms with Gasteiger partial charge in [0.05, 0.1) is 12.7 Å². The Morgan fingerprint density at radius 2 is 2.21 bits per heavy atom. The minimum atomic E-state index is -0.301. The molecule has 5 nitrogen and oxygen atoms in total. The molecule has 1 aromatic heterocycles. The summed E-state index contributed by atoms with van der Waals surface area (Å²) in [4.78, 5) is 21.7. The maximum atomic E-state index is 11.2. The molecule has 0 bridgehead atoms. The molecule has 1 rings (SSSR count). The first-order valence-corrected chi connectivity index (χ1v) is 4.12. The Morgan fingerprint density at radius 1 is 1.50 bits per heavy atom. The third-order valence-corrected chi connectivity index (χ3v) is 1.66. The van der Waals surface area contributed by atoms with Crippen LogP contribution >= 0.6 is 0 Å². The Morgan fingerprint density at radius 3 is 2.64 bits per heavy atom. The van der Waals surface area contributed by atoms with Gasteiger partial charge in [0.2, 0.25) is 0 Å². The molecule has 0 saturated carbocycles. The third-order valence-electron chi connectivity index (χ3n) is 1.66. The number of hydrogen-bond acceptors (Lipinski definition) is 4. The minimum absolute atomic E-state index is 0.301. The number of hydrogen-bond donors (Lipinski definition) is 1. The highest BCUT2D eigenvalue weighted by Gasteiger charge is 2.05. The Kier molecular flexibility index (Phi) is 3.41. The summed E-state index contributed by atoms with van der Waals surface area (Å²) < 4.78 is 0. The SMILES string of the molecule is CONC(=O)c1ccc(N(C)C)nc1. The molecule has 76 valence electrons. The van der Waals surface area contributed by atoms with Crippen molar-refractivity contribution < 1.29 is 9.63 Å². The smallest absolute Gasteiger partial charge is 0.276 e. The Balaban J connectivity index is 2.78. The zero-order valence-corrected chi connectivity index (χ0v) is 8.44. The molecular weight excluding hydrogens is 182 g/mol. The van der Waals surface area contributed by atoms with Crippen molar-refractivity contribution >= 4 is 11.7 Å². The second kappa shape index (κ2) is 4.57. The maximum Gasteiger partial charge on any atom is 0.276 e. The molecule has 0 radical (unpaired) electrons. The molecule has 0 aliphatic carbocycles. The van der Waals surface area contributed by atoms with Crippen LogP contribution in [0.1, 0.15) is 10.4 Å². The Bertz CT molecular complexity index is 308. The Hall–Kier alpha value is -1.62. The largest absolute Gasteiger partial charge is 0.363 e. The van der Waals surface area contributed by atoms with Crippen molar-refractivity contribution in [3.63, 3.8) is 0 Å². The topological polar surface area (TPSA) is 54.5 Å². The highest BCUT2D eigenvalue weighted by Crippen LogP contribution is 2.07. The van der Waals surface area contributed by atoms with Crippen LogP contribution in [0.15, 0.2) is 18.3 Å². The van der Waals surface area contributed by atoms with E-state index in [1.54, 1.807) is 12.1 Å². The highest BCUT2D eigenvalue weighted by atomic mass is 16.6. The number of pyridine rings is 1. The van der Waals surface area contributed by atoms with Gasteiger partial charge in [-0.1, -0.05) is 0 Å². The van der Waals surface area contributed by atoms with Gasteiger partial charge in [-0.25, -0.2) is 10.5 Å². The fraction of sp³-hybridized carbons (Fsp3) is 0.333. The van der Waals surface area contributed by atoms with E-state index >= 15 is 0 Å². The molecule has 0 aliphatic heterocycles. The van der Waals surface area contributed by atoms with E-state index in [9.17, 15) is 4.79 Å². The van der Waals surface area contributed by atoms with Crippen molar-refractivity contribution in [1.29, 1.82) is 0 Å². The summed E-state index contributed by atoms with van der Waals surface area (Å²) in [7, 11) is 5.16. The molecule has 14 heavy (non-hydrogen) atoms. The molecule has 0 aliphatic rings. The van der Waals surface area contributed by atoms with Crippen LogP contribution in [0.25, 0.3) is 0 Å². The summed E-state index contributed by atoms with van der Waals surface area (Å²) in [6.07, 6.45) is 1.50. The molecule has 0 aromatic carbocycles. The zero-order chi connectivity index (χ0) is 10.6. The lowest BCUT2D eigenvalue weighted by molar-refractivity contribution is 0.0537. The average molecular weight is 195 g/mol. The molecule has 1 aromatic rings. The number of anilines is 1. The molecule has 0 atom stereocenters. The van der Waals surface area contributed by atoms with Crippen LogP contribution in [0.3, 0.4) is 0 Å². The van der Waals surface area contributed by atoms with Gasteiger partial charge in [0.15, 0.2) is 0 Å². The lowest BCUT2D eigenvalue weighted by atomic mass is 10.3. The second-order valence-corrected chi connectivity index (χ2v) is 2.93. The molecule has 0 saturated heterocycles. The predicted octanol–water partition coefficient (Wildman–Crippen LogP) is 0.439. The molecule has 0 unspecified atom stereocenters. The molecule has 0 fully saturated rings. The second-order valence-electron chi connectivity index (χ2n) is 2.93. The first kappa shape index (κ1) is 10.5. The Labute approximate surface area is 82.6 Å². The van der Waals surface area contributed by atoms with Gasteiger partial charge in [0.25, 0.3) is 5.91 Å². The molecule has 5 heteroatoms. The van der Waals surface area contributed by atoms with E-state index in [2.05, 4.69) is 15.3 Å². The van der Waals surface area contributed by atoms with E-state index in [4.69, 9.17) is 0 Å². The van der Waals surface area contributed by atoms with Gasteiger partial charge in [-0.15, -0.1) is 0 Å². The first-order chi connectivity index (χ1) is 6.65. The van der Waals surface area contributed by atoms with Crippen LogP contribution in [0.5, 0.6) is 0 Å². The lowest BCUT2D eigenvalue weighted by Gasteiger charge is -2.10. The van der Waals surface area contributed by atoms with E-state index in [0.29, 0.717) is 5.56 Å². The summed E-state index contributed by atoms with van der Waals surface area (Å²) in [6.45, 7) is 0. The van der Waals surface area contributed by atoms with Crippen molar-refractivity contribution in [2.24, 2.45) is 0 Å². The van der Waals surface area contributed by atoms with E-state index in [-0.39, 0.29) is 5.91 Å². The van der Waals surface area contributed by atoms with E-state index in [0.717, 1.165) is 5.82 Å². The van der Waals surface area contributed by atoms with Crippen LogP contribution in [-0.2, 0) is 4.84 Å². The number of carbonyl (C=O) groups excluding carboxylic acids is 1. The minimum Gasteiger partial charge on any atom is -0.363 e. The zero-order valence-electron chi connectivity index (χ0n) is 8.44. The monoisotopic (exact) mass is 195 g/mol. The van der Waals surface area contributed by atoms with Crippen LogP contribution in [-0.4, -0.2) is 32.1 Å². The van der Waals surface area contributed by atoms with Crippen molar-refractivity contribution in [2.75, 3.05) is 26.1 Å². The van der Waals surface area contributed by atoms with E-state index in [1.165, 1.54) is 13.3 Å². The molecule has 0 spiro atoms. The number of nitrogens with one attached hydrogen (secondary N) is 1. The van der Waals surface area contributed by atoms with Gasteiger partial charge in [-0.05, 0) is 12.1 Å². The number of aromatic nitrogens is 1. The number of amides is 1. The van der Waals surface area contributed by atoms with E-state index < -0.39 is 0 Å². The molecular formula is C9H13N3O2. The van der Waals surface area contributed by atoms with Crippen molar-refractivity contribution in [2.45, 2.75) is 0 Å². The molecule has 1 heterocycles. The van der Waals surface area contributed by atoms with Gasteiger partial charge >= 0.3 is 0 Å². The summed E-state index contributed by atoms with van der Waals surface area (Å²) in [5, 5.41) is 0. The molecule has 1 N–H and O–H groups in total. The van der Waals surface area contributed by atoms with Crippen LogP contribution in [0, 0.1) is 0 Å². The first-order valence-electron chi connectivity index (χ1n) is 4.12. The van der Waals surface area contributed by atoms with Gasteiger partial charge in [-0.2, -0.15) is 0 Å².